The summed E-state index contributed by atoms with van der Waals surface area (Å²) in [5, 5.41) is 10.0. The third kappa shape index (κ3) is 3.81. The second kappa shape index (κ2) is 6.48. The Morgan fingerprint density at radius 1 is 1.44 bits per heavy atom. The van der Waals surface area contributed by atoms with Gasteiger partial charge in [0.2, 0.25) is 0 Å². The van der Waals surface area contributed by atoms with Crippen LogP contribution in [0.15, 0.2) is 24.3 Å². The van der Waals surface area contributed by atoms with Gasteiger partial charge in [0.1, 0.15) is 0 Å². The van der Waals surface area contributed by atoms with E-state index in [1.807, 2.05) is 30.1 Å². The Bertz CT molecular complexity index is 318. The first-order chi connectivity index (χ1) is 7.65. The second-order valence-corrected chi connectivity index (χ2v) is 3.90. The molecule has 90 valence electrons. The highest BCUT2D eigenvalue weighted by Crippen LogP contribution is 2.20. The average molecular weight is 224 g/mol. The zero-order chi connectivity index (χ0) is 12.0. The maximum atomic E-state index is 10.0. The molecule has 3 N–H and O–H groups in total. The number of aliphatic hydroxyl groups is 1. The van der Waals surface area contributed by atoms with Crippen molar-refractivity contribution in [2.24, 2.45) is 0 Å². The molecule has 1 unspecified atom stereocenters. The van der Waals surface area contributed by atoms with Crippen LogP contribution in [0.4, 0.5) is 5.69 Å². The van der Waals surface area contributed by atoms with Crippen molar-refractivity contribution < 1.29 is 9.84 Å². The Hall–Kier alpha value is -1.10. The topological polar surface area (TPSA) is 58.7 Å². The highest BCUT2D eigenvalue weighted by molar-refractivity contribution is 5.47. The maximum absolute atomic E-state index is 10.0. The van der Waals surface area contributed by atoms with Crippen LogP contribution in [0.5, 0.6) is 0 Å². The number of likely N-dealkylation sites (N-methyl/N-ethyl adjacent to an activating group) is 1. The van der Waals surface area contributed by atoms with Crippen molar-refractivity contribution in [2.45, 2.75) is 6.10 Å². The van der Waals surface area contributed by atoms with Crippen LogP contribution in [0.2, 0.25) is 0 Å². The number of benzene rings is 1. The Morgan fingerprint density at radius 3 is 2.75 bits per heavy atom. The number of methoxy groups -OCH3 is 1. The summed E-state index contributed by atoms with van der Waals surface area (Å²) in [6, 6.07) is 7.39. The lowest BCUT2D eigenvalue weighted by Crippen LogP contribution is -2.28. The molecule has 0 spiro atoms. The molecule has 0 amide bonds. The molecule has 0 aliphatic rings. The second-order valence-electron chi connectivity index (χ2n) is 3.90. The van der Waals surface area contributed by atoms with Crippen LogP contribution in [0.25, 0.3) is 0 Å². The molecular formula is C12H20N2O2. The van der Waals surface area contributed by atoms with E-state index < -0.39 is 6.10 Å². The first-order valence-corrected chi connectivity index (χ1v) is 5.35. The van der Waals surface area contributed by atoms with Gasteiger partial charge in [-0.05, 0) is 13.1 Å². The van der Waals surface area contributed by atoms with Crippen LogP contribution < -0.4 is 5.73 Å². The summed E-state index contributed by atoms with van der Waals surface area (Å²) in [4.78, 5) is 2.01. The fourth-order valence-electron chi connectivity index (χ4n) is 1.55. The van der Waals surface area contributed by atoms with Crippen molar-refractivity contribution in [3.63, 3.8) is 0 Å². The third-order valence-electron chi connectivity index (χ3n) is 2.52. The minimum absolute atomic E-state index is 0.553. The van der Waals surface area contributed by atoms with Crippen LogP contribution in [0, 0.1) is 0 Å². The Kier molecular flexibility index (Phi) is 5.25. The van der Waals surface area contributed by atoms with Gasteiger partial charge in [-0.15, -0.1) is 0 Å². The van der Waals surface area contributed by atoms with Gasteiger partial charge in [0.15, 0.2) is 0 Å². The summed E-state index contributed by atoms with van der Waals surface area (Å²) in [6.45, 7) is 2.01. The normalized spacial score (nSPS) is 13.0. The smallest absolute Gasteiger partial charge is 0.0936 e. The number of rotatable bonds is 6. The number of para-hydroxylation sites is 1. The molecule has 0 aliphatic heterocycles. The van der Waals surface area contributed by atoms with Crippen molar-refractivity contribution in [3.05, 3.63) is 29.8 Å². The van der Waals surface area contributed by atoms with E-state index in [0.29, 0.717) is 18.8 Å². The van der Waals surface area contributed by atoms with Crippen molar-refractivity contribution in [1.29, 1.82) is 0 Å². The molecule has 0 aromatic heterocycles. The predicted octanol–water partition coefficient (Wildman–Crippen LogP) is 0.880. The van der Waals surface area contributed by atoms with E-state index in [1.165, 1.54) is 0 Å². The zero-order valence-corrected chi connectivity index (χ0v) is 9.89. The first kappa shape index (κ1) is 13.0. The lowest BCUT2D eigenvalue weighted by molar-refractivity contribution is 0.104. The van der Waals surface area contributed by atoms with E-state index in [1.54, 1.807) is 13.2 Å². The molecule has 0 saturated heterocycles. The molecule has 1 atom stereocenters. The predicted molar refractivity (Wildman–Crippen MR) is 65.2 cm³/mol. The number of nitrogens with two attached hydrogens (primary N) is 1. The van der Waals surface area contributed by atoms with Gasteiger partial charge < -0.3 is 20.5 Å². The molecule has 0 saturated carbocycles. The van der Waals surface area contributed by atoms with Crippen LogP contribution >= 0.6 is 0 Å². The number of hydrogen-bond acceptors (Lipinski definition) is 4. The summed E-state index contributed by atoms with van der Waals surface area (Å²) in [7, 11) is 3.61. The molecule has 4 heteroatoms. The number of ether oxygens (including phenoxy) is 1. The largest absolute Gasteiger partial charge is 0.398 e. The highest BCUT2D eigenvalue weighted by Gasteiger charge is 2.12. The Balaban J connectivity index is 2.52. The number of nitrogens with zero attached hydrogens (tertiary/aromatic N) is 1. The van der Waals surface area contributed by atoms with E-state index in [9.17, 15) is 5.11 Å². The number of aliphatic hydroxyl groups excluding tert-OH is 1. The van der Waals surface area contributed by atoms with E-state index in [2.05, 4.69) is 0 Å². The van der Waals surface area contributed by atoms with Gasteiger partial charge in [0, 0.05) is 31.5 Å². The minimum Gasteiger partial charge on any atom is -0.398 e. The standard InChI is InChI=1S/C12H20N2O2/c1-14(7-8-16-2)9-12(15)10-5-3-4-6-11(10)13/h3-6,12,15H,7-9,13H2,1-2H3. The lowest BCUT2D eigenvalue weighted by Gasteiger charge is -2.21. The molecule has 16 heavy (non-hydrogen) atoms. The molecule has 0 heterocycles. The van der Waals surface area contributed by atoms with Gasteiger partial charge >= 0.3 is 0 Å². The summed E-state index contributed by atoms with van der Waals surface area (Å²) in [5.74, 6) is 0. The highest BCUT2D eigenvalue weighted by atomic mass is 16.5. The molecular weight excluding hydrogens is 204 g/mol. The van der Waals surface area contributed by atoms with Gasteiger partial charge in [-0.1, -0.05) is 18.2 Å². The summed E-state index contributed by atoms with van der Waals surface area (Å²) >= 11 is 0. The maximum Gasteiger partial charge on any atom is 0.0936 e. The summed E-state index contributed by atoms with van der Waals surface area (Å²) in [5.41, 5.74) is 7.21. The molecule has 1 aromatic carbocycles. The van der Waals surface area contributed by atoms with E-state index >= 15 is 0 Å². The molecule has 1 aromatic rings. The fourth-order valence-corrected chi connectivity index (χ4v) is 1.55. The van der Waals surface area contributed by atoms with Gasteiger partial charge in [-0.2, -0.15) is 0 Å². The van der Waals surface area contributed by atoms with Crippen molar-refractivity contribution in [1.82, 2.24) is 4.90 Å². The Morgan fingerprint density at radius 2 is 2.12 bits per heavy atom. The van der Waals surface area contributed by atoms with Crippen LogP contribution in [0.3, 0.4) is 0 Å². The Labute approximate surface area is 96.6 Å². The minimum atomic E-state index is -0.553. The van der Waals surface area contributed by atoms with Gasteiger partial charge in [-0.25, -0.2) is 0 Å². The van der Waals surface area contributed by atoms with Crippen molar-refractivity contribution in [3.8, 4) is 0 Å². The number of hydrogen-bond donors (Lipinski definition) is 2. The lowest BCUT2D eigenvalue weighted by atomic mass is 10.1. The van der Waals surface area contributed by atoms with Gasteiger partial charge in [0.05, 0.1) is 12.7 Å². The summed E-state index contributed by atoms with van der Waals surface area (Å²) in [6.07, 6.45) is -0.553. The SMILES string of the molecule is COCCN(C)CC(O)c1ccccc1N. The molecule has 0 radical (unpaired) electrons. The van der Waals surface area contributed by atoms with E-state index in [-0.39, 0.29) is 0 Å². The quantitative estimate of drug-likeness (QED) is 0.704. The average Bonchev–Trinajstić information content (AvgIpc) is 2.26. The molecule has 0 bridgehead atoms. The fraction of sp³-hybridized carbons (Fsp3) is 0.500. The number of anilines is 1. The third-order valence-corrected chi connectivity index (χ3v) is 2.52. The van der Waals surface area contributed by atoms with Gasteiger partial charge in [-0.3, -0.25) is 0 Å². The van der Waals surface area contributed by atoms with E-state index in [4.69, 9.17) is 10.5 Å². The van der Waals surface area contributed by atoms with Crippen LogP contribution in [-0.4, -0.2) is 43.9 Å². The summed E-state index contributed by atoms with van der Waals surface area (Å²) < 4.78 is 4.98. The van der Waals surface area contributed by atoms with E-state index in [0.717, 1.165) is 12.1 Å². The van der Waals surface area contributed by atoms with Crippen LogP contribution in [0.1, 0.15) is 11.7 Å². The molecule has 1 rings (SSSR count). The van der Waals surface area contributed by atoms with Crippen LogP contribution in [-0.2, 0) is 4.74 Å². The zero-order valence-electron chi connectivity index (χ0n) is 9.89. The molecule has 4 nitrogen and oxygen atoms in total. The molecule has 0 aliphatic carbocycles. The van der Waals surface area contributed by atoms with Crippen molar-refractivity contribution in [2.75, 3.05) is 39.6 Å². The van der Waals surface area contributed by atoms with Gasteiger partial charge in [0.25, 0.3) is 0 Å². The van der Waals surface area contributed by atoms with Crippen molar-refractivity contribution >= 4 is 5.69 Å². The number of nitrogen functional groups attached to an aromatic ring is 1. The first-order valence-electron chi connectivity index (χ1n) is 5.35. The monoisotopic (exact) mass is 224 g/mol. The molecule has 0 fully saturated rings.